The van der Waals surface area contributed by atoms with Crippen LogP contribution in [0.15, 0.2) is 42.5 Å². The standard InChI is InChI=1S/C24H30O4/c1-7-26-21-11-9-20(10-12-21)22(25)13-8-19-14-23(27-16(2)3)18(6)24(15-19)28-17(4)5/h8-17H,7H2,1-6H3. The van der Waals surface area contributed by atoms with E-state index >= 15 is 0 Å². The summed E-state index contributed by atoms with van der Waals surface area (Å²) < 4.78 is 17.3. The van der Waals surface area contributed by atoms with Crippen molar-refractivity contribution in [2.75, 3.05) is 6.61 Å². The quantitative estimate of drug-likeness (QED) is 0.402. The highest BCUT2D eigenvalue weighted by Gasteiger charge is 2.12. The summed E-state index contributed by atoms with van der Waals surface area (Å²) in [6.45, 7) is 12.5. The van der Waals surface area contributed by atoms with E-state index in [0.29, 0.717) is 12.2 Å². The van der Waals surface area contributed by atoms with Gasteiger partial charge in [-0.25, -0.2) is 0 Å². The monoisotopic (exact) mass is 382 g/mol. The van der Waals surface area contributed by atoms with Gasteiger partial charge in [-0.05, 0) is 89.6 Å². The third-order valence-corrected chi connectivity index (χ3v) is 3.94. The van der Waals surface area contributed by atoms with E-state index in [1.807, 2.05) is 53.7 Å². The van der Waals surface area contributed by atoms with E-state index in [2.05, 4.69) is 0 Å². The zero-order valence-electron chi connectivity index (χ0n) is 17.6. The first kappa shape index (κ1) is 21.5. The van der Waals surface area contributed by atoms with Crippen LogP contribution in [0.4, 0.5) is 0 Å². The Hall–Kier alpha value is -2.75. The van der Waals surface area contributed by atoms with Gasteiger partial charge in [0.1, 0.15) is 17.2 Å². The van der Waals surface area contributed by atoms with Crippen molar-refractivity contribution in [2.45, 2.75) is 53.8 Å². The molecule has 0 bridgehead atoms. The Morgan fingerprint density at radius 1 is 0.964 bits per heavy atom. The fourth-order valence-electron chi connectivity index (χ4n) is 2.68. The summed E-state index contributed by atoms with van der Waals surface area (Å²) in [6.07, 6.45) is 3.46. The molecule has 2 aromatic rings. The maximum atomic E-state index is 12.5. The van der Waals surface area contributed by atoms with Gasteiger partial charge < -0.3 is 14.2 Å². The fraction of sp³-hybridized carbons (Fsp3) is 0.375. The molecule has 2 aromatic carbocycles. The molecule has 0 radical (unpaired) electrons. The van der Waals surface area contributed by atoms with E-state index < -0.39 is 0 Å². The summed E-state index contributed by atoms with van der Waals surface area (Å²) in [4.78, 5) is 12.5. The van der Waals surface area contributed by atoms with Crippen molar-refractivity contribution in [2.24, 2.45) is 0 Å². The largest absolute Gasteiger partial charge is 0.494 e. The molecule has 150 valence electrons. The van der Waals surface area contributed by atoms with Crippen molar-refractivity contribution in [3.63, 3.8) is 0 Å². The van der Waals surface area contributed by atoms with Crippen molar-refractivity contribution in [3.8, 4) is 17.2 Å². The zero-order chi connectivity index (χ0) is 20.7. The Morgan fingerprint density at radius 2 is 1.50 bits per heavy atom. The van der Waals surface area contributed by atoms with Crippen LogP contribution >= 0.6 is 0 Å². The van der Waals surface area contributed by atoms with Crippen LogP contribution in [-0.2, 0) is 0 Å². The molecule has 0 N–H and O–H groups in total. The van der Waals surface area contributed by atoms with E-state index in [9.17, 15) is 4.79 Å². The van der Waals surface area contributed by atoms with E-state index in [1.54, 1.807) is 36.4 Å². The molecule has 0 saturated carbocycles. The smallest absolute Gasteiger partial charge is 0.185 e. The minimum Gasteiger partial charge on any atom is -0.494 e. The Labute approximate surface area is 168 Å². The minimum atomic E-state index is -0.0683. The molecule has 0 aromatic heterocycles. The van der Waals surface area contributed by atoms with Crippen LogP contribution in [0, 0.1) is 6.92 Å². The first-order valence-corrected chi connectivity index (χ1v) is 9.73. The molecule has 2 rings (SSSR count). The zero-order valence-corrected chi connectivity index (χ0v) is 17.6. The van der Waals surface area contributed by atoms with Crippen molar-refractivity contribution in [3.05, 3.63) is 59.2 Å². The van der Waals surface area contributed by atoms with E-state index in [0.717, 1.165) is 28.4 Å². The Kier molecular flexibility index (Phi) is 7.68. The summed E-state index contributed by atoms with van der Waals surface area (Å²) in [5.74, 6) is 2.22. The molecule has 0 saturated heterocycles. The lowest BCUT2D eigenvalue weighted by Crippen LogP contribution is -2.10. The number of hydrogen-bond donors (Lipinski definition) is 0. The average molecular weight is 383 g/mol. The molecule has 0 amide bonds. The summed E-state index contributed by atoms with van der Waals surface area (Å²) >= 11 is 0. The molecular formula is C24H30O4. The maximum Gasteiger partial charge on any atom is 0.185 e. The molecule has 0 aliphatic rings. The predicted molar refractivity (Wildman–Crippen MR) is 114 cm³/mol. The second kappa shape index (κ2) is 9.98. The normalized spacial score (nSPS) is 11.3. The van der Waals surface area contributed by atoms with Crippen LogP contribution < -0.4 is 14.2 Å². The molecule has 0 aliphatic carbocycles. The van der Waals surface area contributed by atoms with Gasteiger partial charge in [-0.15, -0.1) is 0 Å². The van der Waals surface area contributed by atoms with Gasteiger partial charge in [-0.3, -0.25) is 4.79 Å². The highest BCUT2D eigenvalue weighted by Crippen LogP contribution is 2.32. The number of ether oxygens (including phenoxy) is 3. The van der Waals surface area contributed by atoms with Crippen molar-refractivity contribution in [1.82, 2.24) is 0 Å². The lowest BCUT2D eigenvalue weighted by Gasteiger charge is -2.18. The third kappa shape index (κ3) is 6.15. The number of rotatable bonds is 9. The summed E-state index contributed by atoms with van der Waals surface area (Å²) in [6, 6.07) is 11.0. The molecule has 4 heteroatoms. The number of carbonyl (C=O) groups excluding carboxylic acids is 1. The Balaban J connectivity index is 2.26. The van der Waals surface area contributed by atoms with Crippen LogP contribution in [0.1, 0.15) is 56.1 Å². The van der Waals surface area contributed by atoms with Crippen molar-refractivity contribution >= 4 is 11.9 Å². The number of hydrogen-bond acceptors (Lipinski definition) is 4. The van der Waals surface area contributed by atoms with Crippen LogP contribution in [-0.4, -0.2) is 24.6 Å². The summed E-state index contributed by atoms with van der Waals surface area (Å²) in [5, 5.41) is 0. The number of ketones is 1. The highest BCUT2D eigenvalue weighted by atomic mass is 16.5. The predicted octanol–water partition coefficient (Wildman–Crippen LogP) is 5.86. The van der Waals surface area contributed by atoms with Gasteiger partial charge in [0.15, 0.2) is 5.78 Å². The molecule has 0 heterocycles. The minimum absolute atomic E-state index is 0.0512. The van der Waals surface area contributed by atoms with Gasteiger partial charge >= 0.3 is 0 Å². The highest BCUT2D eigenvalue weighted by molar-refractivity contribution is 6.06. The van der Waals surface area contributed by atoms with Crippen LogP contribution in [0.3, 0.4) is 0 Å². The molecule has 0 atom stereocenters. The summed E-state index contributed by atoms with van der Waals surface area (Å²) in [5.41, 5.74) is 2.43. The number of benzene rings is 2. The number of carbonyl (C=O) groups is 1. The molecule has 28 heavy (non-hydrogen) atoms. The van der Waals surface area contributed by atoms with Gasteiger partial charge in [0.2, 0.25) is 0 Å². The van der Waals surface area contributed by atoms with Crippen LogP contribution in [0.5, 0.6) is 17.2 Å². The Morgan fingerprint density at radius 3 is 1.96 bits per heavy atom. The molecule has 0 aliphatic heterocycles. The van der Waals surface area contributed by atoms with Gasteiger partial charge in [-0.2, -0.15) is 0 Å². The van der Waals surface area contributed by atoms with Crippen LogP contribution in [0.25, 0.3) is 6.08 Å². The number of allylic oxidation sites excluding steroid dienone is 1. The first-order chi connectivity index (χ1) is 13.3. The van der Waals surface area contributed by atoms with E-state index in [1.165, 1.54) is 0 Å². The average Bonchev–Trinajstić information content (AvgIpc) is 2.63. The molecule has 0 unspecified atom stereocenters. The molecule has 4 nitrogen and oxygen atoms in total. The van der Waals surface area contributed by atoms with Gasteiger partial charge in [0.05, 0.1) is 18.8 Å². The molecular weight excluding hydrogens is 352 g/mol. The lowest BCUT2D eigenvalue weighted by atomic mass is 10.1. The fourth-order valence-corrected chi connectivity index (χ4v) is 2.68. The lowest BCUT2D eigenvalue weighted by molar-refractivity contribution is 0.104. The third-order valence-electron chi connectivity index (χ3n) is 3.94. The van der Waals surface area contributed by atoms with E-state index in [4.69, 9.17) is 14.2 Å². The summed E-state index contributed by atoms with van der Waals surface area (Å²) in [7, 11) is 0. The first-order valence-electron chi connectivity index (χ1n) is 9.73. The second-order valence-electron chi connectivity index (χ2n) is 7.13. The van der Waals surface area contributed by atoms with Crippen molar-refractivity contribution < 1.29 is 19.0 Å². The van der Waals surface area contributed by atoms with Gasteiger partial charge in [0, 0.05) is 11.1 Å². The van der Waals surface area contributed by atoms with Gasteiger partial charge in [-0.1, -0.05) is 6.08 Å². The topological polar surface area (TPSA) is 44.8 Å². The van der Waals surface area contributed by atoms with E-state index in [-0.39, 0.29) is 18.0 Å². The second-order valence-corrected chi connectivity index (χ2v) is 7.13. The molecule has 0 fully saturated rings. The van der Waals surface area contributed by atoms with Crippen molar-refractivity contribution in [1.29, 1.82) is 0 Å². The maximum absolute atomic E-state index is 12.5. The Bertz CT molecular complexity index is 786. The van der Waals surface area contributed by atoms with Gasteiger partial charge in [0.25, 0.3) is 0 Å². The van der Waals surface area contributed by atoms with Crippen LogP contribution in [0.2, 0.25) is 0 Å². The SMILES string of the molecule is CCOc1ccc(C(=O)C=Cc2cc(OC(C)C)c(C)c(OC(C)C)c2)cc1. The molecule has 0 spiro atoms.